The van der Waals surface area contributed by atoms with E-state index in [9.17, 15) is 18.0 Å². The van der Waals surface area contributed by atoms with E-state index in [4.69, 9.17) is 4.74 Å². The second-order valence-electron chi connectivity index (χ2n) is 8.23. The monoisotopic (exact) mass is 469 g/mol. The number of hydrogen-bond donors (Lipinski definition) is 1. The number of carbonyl (C=O) groups excluding carboxylic acids is 1. The molecule has 34 heavy (non-hydrogen) atoms. The number of ether oxygens (including phenoxy) is 1. The van der Waals surface area contributed by atoms with E-state index < -0.39 is 17.8 Å². The van der Waals surface area contributed by atoms with Crippen LogP contribution in [0.15, 0.2) is 54.9 Å². The van der Waals surface area contributed by atoms with Crippen LogP contribution < -0.4 is 15.0 Å². The molecule has 1 aromatic heterocycles. The Bertz CT molecular complexity index is 1180. The molecule has 1 N–H and O–H groups in total. The fraction of sp³-hybridized carbons (Fsp3) is 0.308. The van der Waals surface area contributed by atoms with Crippen molar-refractivity contribution < 1.29 is 22.7 Å². The van der Waals surface area contributed by atoms with Crippen LogP contribution in [0.1, 0.15) is 36.5 Å². The van der Waals surface area contributed by atoms with Gasteiger partial charge in [0.2, 0.25) is 0 Å². The summed E-state index contributed by atoms with van der Waals surface area (Å²) in [7, 11) is 1.21. The Kier molecular flexibility index (Phi) is 6.77. The van der Waals surface area contributed by atoms with E-state index in [-0.39, 0.29) is 18.0 Å². The lowest BCUT2D eigenvalue weighted by Gasteiger charge is -2.21. The number of hydrogen-bond acceptors (Lipinski definition) is 3. The van der Waals surface area contributed by atoms with Crippen molar-refractivity contribution in [3.63, 3.8) is 0 Å². The molecule has 0 aliphatic carbocycles. The lowest BCUT2D eigenvalue weighted by atomic mass is 9.96. The van der Waals surface area contributed by atoms with Gasteiger partial charge in [-0.3, -0.25) is 9.88 Å². The molecule has 0 bridgehead atoms. The Labute approximate surface area is 196 Å². The number of carbonyl (C=O) groups is 1. The first-order valence-electron chi connectivity index (χ1n) is 11.2. The summed E-state index contributed by atoms with van der Waals surface area (Å²) >= 11 is 0. The number of pyridine rings is 1. The molecule has 2 heterocycles. The van der Waals surface area contributed by atoms with Crippen molar-refractivity contribution in [2.24, 2.45) is 0 Å². The predicted molar refractivity (Wildman–Crippen MR) is 126 cm³/mol. The summed E-state index contributed by atoms with van der Waals surface area (Å²) in [6.07, 6.45) is 2.34. The molecule has 0 radical (unpaired) electrons. The maximum atomic E-state index is 13.5. The van der Waals surface area contributed by atoms with Gasteiger partial charge in [-0.15, -0.1) is 0 Å². The Balaban J connectivity index is 1.62. The first kappa shape index (κ1) is 23.6. The predicted octanol–water partition coefficient (Wildman–Crippen LogP) is 6.71. The summed E-state index contributed by atoms with van der Waals surface area (Å²) in [6.45, 7) is 2.42. The van der Waals surface area contributed by atoms with Gasteiger partial charge in [-0.25, -0.2) is 4.79 Å². The summed E-state index contributed by atoms with van der Waals surface area (Å²) in [6, 6.07) is 11.4. The SMILES string of the molecule is CCCCc1ccc(NC(=O)N2CCc3cc(OC)c(C(F)(F)F)cc32)cc1-c1cccnc1. The van der Waals surface area contributed by atoms with Gasteiger partial charge in [0.1, 0.15) is 5.75 Å². The third-order valence-electron chi connectivity index (χ3n) is 5.98. The Hall–Kier alpha value is -3.55. The van der Waals surface area contributed by atoms with Gasteiger partial charge in [-0.1, -0.05) is 25.5 Å². The summed E-state index contributed by atoms with van der Waals surface area (Å²) < 4.78 is 45.5. The number of methoxy groups -OCH3 is 1. The maximum absolute atomic E-state index is 13.5. The maximum Gasteiger partial charge on any atom is 0.420 e. The van der Waals surface area contributed by atoms with Crippen molar-refractivity contribution in [1.29, 1.82) is 0 Å². The molecular weight excluding hydrogens is 443 g/mol. The van der Waals surface area contributed by atoms with Crippen LogP contribution in [-0.2, 0) is 19.0 Å². The average Bonchev–Trinajstić information content (AvgIpc) is 3.25. The number of halogens is 3. The lowest BCUT2D eigenvalue weighted by molar-refractivity contribution is -0.138. The van der Waals surface area contributed by atoms with E-state index in [1.807, 2.05) is 30.3 Å². The highest BCUT2D eigenvalue weighted by atomic mass is 19.4. The third-order valence-corrected chi connectivity index (χ3v) is 5.98. The number of anilines is 2. The molecule has 0 atom stereocenters. The highest BCUT2D eigenvalue weighted by Crippen LogP contribution is 2.42. The Morgan fingerprint density at radius 1 is 1.21 bits per heavy atom. The van der Waals surface area contributed by atoms with Crippen molar-refractivity contribution in [2.75, 3.05) is 23.9 Å². The van der Waals surface area contributed by atoms with Gasteiger partial charge < -0.3 is 10.1 Å². The molecule has 4 rings (SSSR count). The van der Waals surface area contributed by atoms with Crippen LogP contribution in [0.4, 0.5) is 29.3 Å². The van der Waals surface area contributed by atoms with E-state index in [1.165, 1.54) is 18.1 Å². The lowest BCUT2D eigenvalue weighted by Crippen LogP contribution is -2.33. The van der Waals surface area contributed by atoms with Gasteiger partial charge in [-0.2, -0.15) is 13.2 Å². The summed E-state index contributed by atoms with van der Waals surface area (Å²) in [5, 5.41) is 2.86. The zero-order chi connectivity index (χ0) is 24.3. The molecule has 2 aromatic carbocycles. The van der Waals surface area contributed by atoms with Crippen LogP contribution in [0.5, 0.6) is 5.75 Å². The standard InChI is InChI=1S/C26H26F3N3O2/c1-3-4-6-17-8-9-20(14-21(17)19-7-5-11-30-16-19)31-25(33)32-12-10-18-13-24(34-2)22(15-23(18)32)26(27,28)29/h5,7-9,11,13-16H,3-4,6,10,12H2,1-2H3,(H,31,33). The van der Waals surface area contributed by atoms with Crippen LogP contribution >= 0.6 is 0 Å². The van der Waals surface area contributed by atoms with Crippen molar-refractivity contribution >= 4 is 17.4 Å². The minimum Gasteiger partial charge on any atom is -0.496 e. The van der Waals surface area contributed by atoms with Crippen molar-refractivity contribution in [3.8, 4) is 16.9 Å². The van der Waals surface area contributed by atoms with E-state index in [0.717, 1.165) is 42.0 Å². The normalized spacial score (nSPS) is 13.0. The van der Waals surface area contributed by atoms with Crippen molar-refractivity contribution in [1.82, 2.24) is 4.98 Å². The Morgan fingerprint density at radius 3 is 2.71 bits per heavy atom. The topological polar surface area (TPSA) is 54.5 Å². The molecule has 5 nitrogen and oxygen atoms in total. The molecule has 1 aliphatic heterocycles. The number of benzene rings is 2. The number of nitrogens with one attached hydrogen (secondary N) is 1. The van der Waals surface area contributed by atoms with Crippen LogP contribution in [0.2, 0.25) is 0 Å². The number of rotatable bonds is 6. The number of nitrogens with zero attached hydrogens (tertiary/aromatic N) is 2. The average molecular weight is 470 g/mol. The van der Waals surface area contributed by atoms with Gasteiger partial charge in [0.25, 0.3) is 0 Å². The molecule has 178 valence electrons. The molecule has 0 spiro atoms. The van der Waals surface area contributed by atoms with Crippen molar-refractivity contribution in [2.45, 2.75) is 38.8 Å². The van der Waals surface area contributed by atoms with E-state index in [2.05, 4.69) is 17.2 Å². The molecule has 3 aromatic rings. The van der Waals surface area contributed by atoms with Crippen molar-refractivity contribution in [3.05, 3.63) is 71.5 Å². The third kappa shape index (κ3) is 4.85. The second-order valence-corrected chi connectivity index (χ2v) is 8.23. The number of amides is 2. The summed E-state index contributed by atoms with van der Waals surface area (Å²) in [5.41, 5.74) is 3.64. The highest BCUT2D eigenvalue weighted by molar-refractivity contribution is 6.03. The molecule has 0 unspecified atom stereocenters. The first-order valence-corrected chi connectivity index (χ1v) is 11.2. The number of urea groups is 1. The molecule has 0 saturated heterocycles. The molecule has 8 heteroatoms. The zero-order valence-electron chi connectivity index (χ0n) is 19.1. The van der Waals surface area contributed by atoms with Crippen LogP contribution in [0, 0.1) is 0 Å². The summed E-state index contributed by atoms with van der Waals surface area (Å²) in [4.78, 5) is 18.6. The van der Waals surface area contributed by atoms with Crippen LogP contribution in [-0.4, -0.2) is 24.7 Å². The second kappa shape index (κ2) is 9.75. The van der Waals surface area contributed by atoms with Gasteiger partial charge in [0.15, 0.2) is 0 Å². The Morgan fingerprint density at radius 2 is 2.03 bits per heavy atom. The minimum absolute atomic E-state index is 0.239. The van der Waals surface area contributed by atoms with E-state index in [1.54, 1.807) is 12.4 Å². The highest BCUT2D eigenvalue weighted by Gasteiger charge is 2.37. The fourth-order valence-electron chi connectivity index (χ4n) is 4.24. The molecule has 1 aliphatic rings. The van der Waals surface area contributed by atoms with Gasteiger partial charge in [-0.05, 0) is 66.3 Å². The zero-order valence-corrected chi connectivity index (χ0v) is 19.1. The van der Waals surface area contributed by atoms with Gasteiger partial charge in [0.05, 0.1) is 12.7 Å². The van der Waals surface area contributed by atoms with Gasteiger partial charge in [0, 0.05) is 35.9 Å². The van der Waals surface area contributed by atoms with Gasteiger partial charge >= 0.3 is 12.2 Å². The number of fused-ring (bicyclic) bond motifs is 1. The molecule has 0 saturated carbocycles. The molecule has 2 amide bonds. The number of unbranched alkanes of at least 4 members (excludes halogenated alkanes) is 1. The first-order chi connectivity index (χ1) is 16.3. The quantitative estimate of drug-likeness (QED) is 0.436. The summed E-state index contributed by atoms with van der Waals surface area (Å²) in [5.74, 6) is -0.239. The largest absolute Gasteiger partial charge is 0.496 e. The molecular formula is C26H26F3N3O2. The number of aromatic nitrogens is 1. The minimum atomic E-state index is -4.59. The smallest absolute Gasteiger partial charge is 0.420 e. The van der Waals surface area contributed by atoms with Crippen LogP contribution in [0.25, 0.3) is 11.1 Å². The number of aryl methyl sites for hydroxylation is 1. The number of alkyl halides is 3. The fourth-order valence-corrected chi connectivity index (χ4v) is 4.24. The van der Waals surface area contributed by atoms with E-state index in [0.29, 0.717) is 17.7 Å². The van der Waals surface area contributed by atoms with E-state index >= 15 is 0 Å². The van der Waals surface area contributed by atoms with Crippen LogP contribution in [0.3, 0.4) is 0 Å². The molecule has 0 fully saturated rings.